The number of amides is 1. The standard InChI is InChI=1S/C18H22N6O2/c1-3-15-17(26)20-14-10-19-18(23-9-8-13(22-23)11(2)25)21-16(14)24(15)12-6-4-5-7-12/h8-10,12,15,25H,2-7H2,1H3,(H,20,26)/t15-/m1/s1. The molecule has 1 amide bonds. The Balaban J connectivity index is 1.77. The predicted octanol–water partition coefficient (Wildman–Crippen LogP) is 2.67. The first kappa shape index (κ1) is 16.6. The normalized spacial score (nSPS) is 20.1. The first-order chi connectivity index (χ1) is 12.6. The van der Waals surface area contributed by atoms with Gasteiger partial charge < -0.3 is 15.3 Å². The first-order valence-corrected chi connectivity index (χ1v) is 8.99. The van der Waals surface area contributed by atoms with E-state index in [0.717, 1.165) is 25.1 Å². The van der Waals surface area contributed by atoms with E-state index in [1.54, 1.807) is 18.5 Å². The van der Waals surface area contributed by atoms with E-state index in [-0.39, 0.29) is 17.7 Å². The van der Waals surface area contributed by atoms with Crippen LogP contribution in [0, 0.1) is 0 Å². The number of nitrogens with one attached hydrogen (secondary N) is 1. The van der Waals surface area contributed by atoms with Crippen LogP contribution in [0.15, 0.2) is 25.0 Å². The number of nitrogens with zero attached hydrogens (tertiary/aromatic N) is 5. The molecule has 1 aliphatic carbocycles. The molecular formula is C18H22N6O2. The average molecular weight is 354 g/mol. The Hall–Kier alpha value is -2.90. The number of carbonyl (C=O) groups excluding carboxylic acids is 1. The van der Waals surface area contributed by atoms with Crippen LogP contribution >= 0.6 is 0 Å². The molecule has 1 atom stereocenters. The number of carbonyl (C=O) groups is 1. The van der Waals surface area contributed by atoms with Crippen LogP contribution in [0.3, 0.4) is 0 Å². The van der Waals surface area contributed by atoms with Gasteiger partial charge in [0.25, 0.3) is 5.95 Å². The molecule has 8 heteroatoms. The van der Waals surface area contributed by atoms with Gasteiger partial charge in [-0.05, 0) is 25.3 Å². The summed E-state index contributed by atoms with van der Waals surface area (Å²) >= 11 is 0. The van der Waals surface area contributed by atoms with Crippen molar-refractivity contribution in [3.63, 3.8) is 0 Å². The minimum absolute atomic E-state index is 0.00112. The van der Waals surface area contributed by atoms with Crippen molar-refractivity contribution < 1.29 is 9.90 Å². The van der Waals surface area contributed by atoms with Gasteiger partial charge in [0.2, 0.25) is 5.91 Å². The van der Waals surface area contributed by atoms with Crippen LogP contribution in [0.5, 0.6) is 0 Å². The van der Waals surface area contributed by atoms with Crippen LogP contribution in [0.2, 0.25) is 0 Å². The molecule has 0 unspecified atom stereocenters. The molecule has 4 rings (SSSR count). The second-order valence-electron chi connectivity index (χ2n) is 6.76. The number of aromatic nitrogens is 4. The van der Waals surface area contributed by atoms with E-state index in [9.17, 15) is 9.90 Å². The molecule has 2 aliphatic rings. The van der Waals surface area contributed by atoms with Gasteiger partial charge in [0.1, 0.15) is 23.2 Å². The van der Waals surface area contributed by atoms with Gasteiger partial charge in [-0.1, -0.05) is 26.3 Å². The molecule has 2 aromatic rings. The number of aliphatic hydroxyl groups is 1. The van der Waals surface area contributed by atoms with Gasteiger partial charge in [-0.15, -0.1) is 0 Å². The van der Waals surface area contributed by atoms with Gasteiger partial charge in [0.05, 0.1) is 6.20 Å². The van der Waals surface area contributed by atoms with E-state index in [2.05, 4.69) is 26.9 Å². The number of fused-ring (bicyclic) bond motifs is 1. The average Bonchev–Trinajstić information content (AvgIpc) is 3.32. The molecule has 0 spiro atoms. The van der Waals surface area contributed by atoms with E-state index in [1.807, 2.05) is 6.92 Å². The lowest BCUT2D eigenvalue weighted by Crippen LogP contribution is -2.52. The number of anilines is 2. The molecule has 1 saturated carbocycles. The van der Waals surface area contributed by atoms with Gasteiger partial charge in [0, 0.05) is 12.2 Å². The quantitative estimate of drug-likeness (QED) is 0.820. The molecular weight excluding hydrogens is 332 g/mol. The van der Waals surface area contributed by atoms with E-state index in [0.29, 0.717) is 23.4 Å². The second-order valence-corrected chi connectivity index (χ2v) is 6.76. The molecule has 3 heterocycles. The Morgan fingerprint density at radius 1 is 1.42 bits per heavy atom. The zero-order chi connectivity index (χ0) is 18.3. The SMILES string of the molecule is C=C(O)c1ccn(-c2ncc3c(n2)N(C2CCCC2)[C@H](CC)C(=O)N3)n1. The van der Waals surface area contributed by atoms with Gasteiger partial charge in [0.15, 0.2) is 5.82 Å². The number of hydrogen-bond acceptors (Lipinski definition) is 6. The fraction of sp³-hybridized carbons (Fsp3) is 0.444. The highest BCUT2D eigenvalue weighted by Gasteiger charge is 2.38. The summed E-state index contributed by atoms with van der Waals surface area (Å²) in [5.74, 6) is 1.03. The third-order valence-corrected chi connectivity index (χ3v) is 5.09. The molecule has 136 valence electrons. The summed E-state index contributed by atoms with van der Waals surface area (Å²) in [5, 5.41) is 16.7. The summed E-state index contributed by atoms with van der Waals surface area (Å²) in [6.45, 7) is 5.50. The third-order valence-electron chi connectivity index (χ3n) is 5.09. The molecule has 0 saturated heterocycles. The molecule has 0 bridgehead atoms. The summed E-state index contributed by atoms with van der Waals surface area (Å²) in [6, 6.07) is 1.74. The van der Waals surface area contributed by atoms with Gasteiger partial charge in [-0.25, -0.2) is 9.67 Å². The Bertz CT molecular complexity index is 855. The zero-order valence-electron chi connectivity index (χ0n) is 14.7. The van der Waals surface area contributed by atoms with Crippen molar-refractivity contribution in [2.45, 2.75) is 51.1 Å². The van der Waals surface area contributed by atoms with E-state index < -0.39 is 0 Å². The summed E-state index contributed by atoms with van der Waals surface area (Å²) in [4.78, 5) is 23.7. The fourth-order valence-corrected chi connectivity index (χ4v) is 3.83. The van der Waals surface area contributed by atoms with Crippen molar-refractivity contribution in [2.24, 2.45) is 0 Å². The van der Waals surface area contributed by atoms with Crippen molar-refractivity contribution >= 4 is 23.2 Å². The van der Waals surface area contributed by atoms with Gasteiger partial charge in [-0.3, -0.25) is 4.79 Å². The van der Waals surface area contributed by atoms with Crippen molar-refractivity contribution in [3.05, 3.63) is 30.7 Å². The lowest BCUT2D eigenvalue weighted by molar-refractivity contribution is -0.117. The van der Waals surface area contributed by atoms with Gasteiger partial charge in [-0.2, -0.15) is 10.1 Å². The van der Waals surface area contributed by atoms with E-state index >= 15 is 0 Å². The third kappa shape index (κ3) is 2.71. The minimum Gasteiger partial charge on any atom is -0.506 e. The Morgan fingerprint density at radius 2 is 2.19 bits per heavy atom. The summed E-state index contributed by atoms with van der Waals surface area (Å²) in [6.07, 6.45) is 8.51. The first-order valence-electron chi connectivity index (χ1n) is 8.99. The van der Waals surface area contributed by atoms with Crippen LogP contribution < -0.4 is 10.2 Å². The maximum atomic E-state index is 12.5. The molecule has 0 aromatic carbocycles. The van der Waals surface area contributed by atoms with Crippen molar-refractivity contribution in [1.29, 1.82) is 0 Å². The second kappa shape index (κ2) is 6.44. The minimum atomic E-state index is -0.223. The highest BCUT2D eigenvalue weighted by molar-refractivity contribution is 6.02. The Kier molecular flexibility index (Phi) is 4.10. The molecule has 0 radical (unpaired) electrons. The lowest BCUT2D eigenvalue weighted by atomic mass is 10.0. The predicted molar refractivity (Wildman–Crippen MR) is 98.3 cm³/mol. The number of rotatable bonds is 4. The highest BCUT2D eigenvalue weighted by Crippen LogP contribution is 2.37. The fourth-order valence-electron chi connectivity index (χ4n) is 3.83. The molecule has 1 fully saturated rings. The van der Waals surface area contributed by atoms with Crippen LogP contribution in [0.4, 0.5) is 11.5 Å². The maximum Gasteiger partial charge on any atom is 0.252 e. The van der Waals surface area contributed by atoms with Crippen molar-refractivity contribution in [2.75, 3.05) is 10.2 Å². The van der Waals surface area contributed by atoms with Crippen molar-refractivity contribution in [3.8, 4) is 5.95 Å². The summed E-state index contributed by atoms with van der Waals surface area (Å²) in [7, 11) is 0. The van der Waals surface area contributed by atoms with Crippen LogP contribution in [-0.2, 0) is 4.79 Å². The van der Waals surface area contributed by atoms with Gasteiger partial charge >= 0.3 is 0 Å². The Morgan fingerprint density at radius 3 is 2.85 bits per heavy atom. The largest absolute Gasteiger partial charge is 0.506 e. The van der Waals surface area contributed by atoms with Crippen LogP contribution in [0.1, 0.15) is 44.7 Å². The number of hydrogen-bond donors (Lipinski definition) is 2. The van der Waals surface area contributed by atoms with E-state index in [4.69, 9.17) is 4.98 Å². The summed E-state index contributed by atoms with van der Waals surface area (Å²) < 4.78 is 1.50. The molecule has 1 aliphatic heterocycles. The molecule has 8 nitrogen and oxygen atoms in total. The monoisotopic (exact) mass is 354 g/mol. The van der Waals surface area contributed by atoms with E-state index in [1.165, 1.54) is 17.5 Å². The zero-order valence-corrected chi connectivity index (χ0v) is 14.7. The highest BCUT2D eigenvalue weighted by atomic mass is 16.3. The smallest absolute Gasteiger partial charge is 0.252 e. The number of aliphatic hydroxyl groups excluding tert-OH is 1. The topological polar surface area (TPSA) is 96.2 Å². The molecule has 26 heavy (non-hydrogen) atoms. The van der Waals surface area contributed by atoms with Crippen LogP contribution in [-0.4, -0.2) is 42.8 Å². The maximum absolute atomic E-state index is 12.5. The molecule has 2 N–H and O–H groups in total. The molecule has 2 aromatic heterocycles. The van der Waals surface area contributed by atoms with Crippen molar-refractivity contribution in [1.82, 2.24) is 19.7 Å². The van der Waals surface area contributed by atoms with Crippen LogP contribution in [0.25, 0.3) is 11.7 Å². The summed E-state index contributed by atoms with van der Waals surface area (Å²) in [5.41, 5.74) is 1.01. The lowest BCUT2D eigenvalue weighted by Gasteiger charge is -2.40. The Labute approximate surface area is 151 Å².